The van der Waals surface area contributed by atoms with E-state index in [9.17, 15) is 4.79 Å². The van der Waals surface area contributed by atoms with E-state index in [0.29, 0.717) is 23.9 Å². The Kier molecular flexibility index (Phi) is 4.71. The molecule has 0 bridgehead atoms. The van der Waals surface area contributed by atoms with E-state index in [2.05, 4.69) is 21.1 Å². The van der Waals surface area contributed by atoms with Crippen LogP contribution in [0.2, 0.25) is 0 Å². The highest BCUT2D eigenvalue weighted by atomic mass is 16.5. The molecular weight excluding hydrogens is 292 g/mol. The van der Waals surface area contributed by atoms with Crippen molar-refractivity contribution in [3.05, 3.63) is 47.1 Å². The number of carbonyl (C=O) groups is 1. The van der Waals surface area contributed by atoms with E-state index in [1.807, 2.05) is 19.1 Å². The lowest BCUT2D eigenvalue weighted by Crippen LogP contribution is -2.21. The fraction of sp³-hybridized carbons (Fsp3) is 0.471. The molecule has 6 heteroatoms. The molecule has 0 unspecified atom stereocenters. The number of likely N-dealkylation sites (tertiary alicyclic amines) is 1. The number of nitrogens with zero attached hydrogens (tertiary/aromatic N) is 3. The number of aromatic nitrogens is 2. The summed E-state index contributed by atoms with van der Waals surface area (Å²) in [5.41, 5.74) is 7.09. The number of benzene rings is 1. The highest BCUT2D eigenvalue weighted by Crippen LogP contribution is 2.22. The van der Waals surface area contributed by atoms with Gasteiger partial charge in [-0.2, -0.15) is 4.98 Å². The zero-order valence-corrected chi connectivity index (χ0v) is 13.4. The molecule has 1 aromatic carbocycles. The zero-order valence-electron chi connectivity index (χ0n) is 13.4. The highest BCUT2D eigenvalue weighted by Gasteiger charge is 2.24. The number of hydrogen-bond donors (Lipinski definition) is 1. The van der Waals surface area contributed by atoms with E-state index in [1.54, 1.807) is 6.07 Å². The van der Waals surface area contributed by atoms with E-state index < -0.39 is 0 Å². The van der Waals surface area contributed by atoms with Crippen molar-refractivity contribution < 1.29 is 9.32 Å². The van der Waals surface area contributed by atoms with Crippen LogP contribution in [0.4, 0.5) is 0 Å². The van der Waals surface area contributed by atoms with Crippen molar-refractivity contribution in [3.8, 4) is 0 Å². The Morgan fingerprint density at radius 2 is 2.35 bits per heavy atom. The normalized spacial score (nSPS) is 18.4. The summed E-state index contributed by atoms with van der Waals surface area (Å²) >= 11 is 0. The molecule has 1 atom stereocenters. The molecule has 1 aliphatic heterocycles. The first kappa shape index (κ1) is 15.7. The number of aryl methyl sites for hydroxylation is 1. The van der Waals surface area contributed by atoms with Crippen LogP contribution in [0, 0.1) is 5.92 Å². The zero-order chi connectivity index (χ0) is 16.2. The molecule has 0 spiro atoms. The molecule has 1 aromatic heterocycles. The van der Waals surface area contributed by atoms with Gasteiger partial charge in [0.15, 0.2) is 5.82 Å². The van der Waals surface area contributed by atoms with Gasteiger partial charge in [-0.3, -0.25) is 9.69 Å². The van der Waals surface area contributed by atoms with Crippen LogP contribution >= 0.6 is 0 Å². The van der Waals surface area contributed by atoms with Crippen molar-refractivity contribution in [2.75, 3.05) is 13.1 Å². The summed E-state index contributed by atoms with van der Waals surface area (Å²) < 4.78 is 5.26. The number of amides is 1. The lowest BCUT2D eigenvalue weighted by Gasteiger charge is -2.13. The fourth-order valence-corrected chi connectivity index (χ4v) is 3.10. The molecule has 2 N–H and O–H groups in total. The molecule has 2 aromatic rings. The smallest absolute Gasteiger partial charge is 0.248 e. The summed E-state index contributed by atoms with van der Waals surface area (Å²) in [6, 6.07) is 7.61. The third-order valence-corrected chi connectivity index (χ3v) is 4.29. The number of rotatable bonds is 6. The molecule has 6 nitrogen and oxygen atoms in total. The van der Waals surface area contributed by atoms with Gasteiger partial charge >= 0.3 is 0 Å². The Labute approximate surface area is 135 Å². The first-order chi connectivity index (χ1) is 11.1. The minimum absolute atomic E-state index is 0.372. The van der Waals surface area contributed by atoms with Crippen molar-refractivity contribution in [2.45, 2.75) is 32.7 Å². The van der Waals surface area contributed by atoms with Gasteiger partial charge in [0.2, 0.25) is 11.8 Å². The lowest BCUT2D eigenvalue weighted by atomic mass is 9.97. The average Bonchev–Trinajstić information content (AvgIpc) is 3.17. The minimum Gasteiger partial charge on any atom is -0.366 e. The Hall–Kier alpha value is -2.21. The monoisotopic (exact) mass is 314 g/mol. The van der Waals surface area contributed by atoms with E-state index in [0.717, 1.165) is 38.2 Å². The van der Waals surface area contributed by atoms with Crippen molar-refractivity contribution >= 4 is 5.91 Å². The second-order valence-electron chi connectivity index (χ2n) is 6.12. The summed E-state index contributed by atoms with van der Waals surface area (Å²) in [6.07, 6.45) is 2.89. The molecule has 0 radical (unpaired) electrons. The Balaban J connectivity index is 1.55. The van der Waals surface area contributed by atoms with Gasteiger partial charge in [-0.15, -0.1) is 0 Å². The van der Waals surface area contributed by atoms with Gasteiger partial charge in [-0.25, -0.2) is 0 Å². The van der Waals surface area contributed by atoms with E-state index in [-0.39, 0.29) is 5.91 Å². The molecule has 1 saturated heterocycles. The van der Waals surface area contributed by atoms with Gasteiger partial charge in [0.05, 0.1) is 6.54 Å². The van der Waals surface area contributed by atoms with Gasteiger partial charge in [0.1, 0.15) is 0 Å². The maximum Gasteiger partial charge on any atom is 0.248 e. The number of carbonyl (C=O) groups excluding carboxylic acids is 1. The topological polar surface area (TPSA) is 85.3 Å². The average molecular weight is 314 g/mol. The number of nitrogens with two attached hydrogens (primary N) is 1. The summed E-state index contributed by atoms with van der Waals surface area (Å²) in [4.78, 5) is 18.0. The van der Waals surface area contributed by atoms with Crippen molar-refractivity contribution in [1.82, 2.24) is 15.0 Å². The van der Waals surface area contributed by atoms with Gasteiger partial charge in [-0.1, -0.05) is 24.2 Å². The molecule has 3 rings (SSSR count). The quantitative estimate of drug-likeness (QED) is 0.878. The standard InChI is InChI=1S/C17H22N4O2/c1-2-15-19-16(23-20-15)11-21-7-6-13(10-21)8-12-4-3-5-14(9-12)17(18)22/h3-5,9,13H,2,6-8,10-11H2,1H3,(H2,18,22)/t13-/m1/s1. The predicted octanol–water partition coefficient (Wildman–Crippen LogP) is 1.80. The molecule has 2 heterocycles. The molecule has 0 aliphatic carbocycles. The predicted molar refractivity (Wildman–Crippen MR) is 85.7 cm³/mol. The molecule has 1 fully saturated rings. The maximum atomic E-state index is 11.3. The lowest BCUT2D eigenvalue weighted by molar-refractivity contribution is 0.1000. The Bertz CT molecular complexity index is 683. The summed E-state index contributed by atoms with van der Waals surface area (Å²) in [5.74, 6) is 1.66. The Morgan fingerprint density at radius 1 is 1.48 bits per heavy atom. The molecule has 0 saturated carbocycles. The molecular formula is C17H22N4O2. The first-order valence-electron chi connectivity index (χ1n) is 8.06. The highest BCUT2D eigenvalue weighted by molar-refractivity contribution is 5.92. The SMILES string of the molecule is CCc1noc(CN2CC[C@H](Cc3cccc(C(N)=O)c3)C2)n1. The fourth-order valence-electron chi connectivity index (χ4n) is 3.10. The van der Waals surface area contributed by atoms with Crippen molar-refractivity contribution in [3.63, 3.8) is 0 Å². The second-order valence-corrected chi connectivity index (χ2v) is 6.12. The molecule has 1 amide bonds. The minimum atomic E-state index is -0.372. The van der Waals surface area contributed by atoms with Crippen LogP contribution in [0.15, 0.2) is 28.8 Å². The van der Waals surface area contributed by atoms with E-state index in [1.165, 1.54) is 5.56 Å². The van der Waals surface area contributed by atoms with Crippen LogP contribution < -0.4 is 5.73 Å². The van der Waals surface area contributed by atoms with Gasteiger partial charge in [-0.05, 0) is 43.0 Å². The van der Waals surface area contributed by atoms with Crippen LogP contribution in [-0.4, -0.2) is 34.0 Å². The second kappa shape index (κ2) is 6.91. The number of hydrogen-bond acceptors (Lipinski definition) is 5. The summed E-state index contributed by atoms with van der Waals surface area (Å²) in [6.45, 7) is 4.76. The third-order valence-electron chi connectivity index (χ3n) is 4.29. The van der Waals surface area contributed by atoms with Crippen molar-refractivity contribution in [2.24, 2.45) is 11.7 Å². The van der Waals surface area contributed by atoms with Crippen LogP contribution in [0.1, 0.15) is 41.0 Å². The molecule has 1 aliphatic rings. The first-order valence-corrected chi connectivity index (χ1v) is 8.06. The van der Waals surface area contributed by atoms with Crippen LogP contribution in [-0.2, 0) is 19.4 Å². The van der Waals surface area contributed by atoms with E-state index in [4.69, 9.17) is 10.3 Å². The van der Waals surface area contributed by atoms with Crippen LogP contribution in [0.25, 0.3) is 0 Å². The molecule has 122 valence electrons. The summed E-state index contributed by atoms with van der Waals surface area (Å²) in [7, 11) is 0. The van der Waals surface area contributed by atoms with Gasteiger partial charge in [0, 0.05) is 18.5 Å². The third kappa shape index (κ3) is 3.96. The van der Waals surface area contributed by atoms with Gasteiger partial charge < -0.3 is 10.3 Å². The van der Waals surface area contributed by atoms with Crippen LogP contribution in [0.3, 0.4) is 0 Å². The molecule has 23 heavy (non-hydrogen) atoms. The van der Waals surface area contributed by atoms with Crippen molar-refractivity contribution in [1.29, 1.82) is 0 Å². The van der Waals surface area contributed by atoms with Crippen LogP contribution in [0.5, 0.6) is 0 Å². The van der Waals surface area contributed by atoms with E-state index >= 15 is 0 Å². The number of primary amides is 1. The summed E-state index contributed by atoms with van der Waals surface area (Å²) in [5, 5.41) is 3.93. The Morgan fingerprint density at radius 3 is 3.09 bits per heavy atom. The van der Waals surface area contributed by atoms with Gasteiger partial charge in [0.25, 0.3) is 0 Å². The maximum absolute atomic E-state index is 11.3. The largest absolute Gasteiger partial charge is 0.366 e.